The number of aliphatic carboxylic acids is 1. The molecule has 0 radical (unpaired) electrons. The highest BCUT2D eigenvalue weighted by Gasteiger charge is 2.39. The van der Waals surface area contributed by atoms with Crippen LogP contribution in [0.15, 0.2) is 96.0 Å². The van der Waals surface area contributed by atoms with Gasteiger partial charge in [-0.3, -0.25) is 28.8 Å². The fourth-order valence-corrected chi connectivity index (χ4v) is 13.8. The van der Waals surface area contributed by atoms with Gasteiger partial charge in [0.05, 0.1) is 75.8 Å². The molecule has 0 fully saturated rings. The molecule has 4 aliphatic rings. The minimum atomic E-state index is -4.79. The molecule has 0 aromatic heterocycles. The number of carbonyl (C=O) groups excluding carboxylic acids is 2. The van der Waals surface area contributed by atoms with Crippen LogP contribution in [-0.4, -0.2) is 144 Å². The van der Waals surface area contributed by atoms with E-state index >= 15 is 0 Å². The number of nitrogens with one attached hydrogen (secondary N) is 1. The Labute approximate surface area is 474 Å². The molecule has 3 N–H and O–H groups in total. The minimum Gasteiger partial charge on any atom is -0.493 e. The Balaban J connectivity index is 1.01. The molecule has 0 spiro atoms. The lowest BCUT2D eigenvalue weighted by Crippen LogP contribution is -2.40. The lowest BCUT2D eigenvalue weighted by Gasteiger charge is -2.34. The third kappa shape index (κ3) is 13.6. The number of carboxylic acids is 1. The summed E-state index contributed by atoms with van der Waals surface area (Å²) in [5.74, 6) is -0.226. The first-order valence-corrected chi connectivity index (χ1v) is 30.2. The van der Waals surface area contributed by atoms with Crippen molar-refractivity contribution < 1.29 is 65.6 Å². The lowest BCUT2D eigenvalue weighted by atomic mass is 10.0. The van der Waals surface area contributed by atoms with E-state index < -0.39 is 26.1 Å². The summed E-state index contributed by atoms with van der Waals surface area (Å²) in [6.07, 6.45) is 3.72. The molecule has 3 atom stereocenters. The average molecular weight is 1150 g/mol. The van der Waals surface area contributed by atoms with Crippen LogP contribution in [0.25, 0.3) is 0 Å². The molecule has 0 saturated heterocycles. The summed E-state index contributed by atoms with van der Waals surface area (Å²) >= 11 is 0. The quantitative estimate of drug-likeness (QED) is 0.0253. The molecule has 9 rings (SSSR count). The summed E-state index contributed by atoms with van der Waals surface area (Å²) in [5.41, 5.74) is 8.26. The van der Waals surface area contributed by atoms with E-state index in [1.807, 2.05) is 91.7 Å². The monoisotopic (exact) mass is 1150 g/mol. The number of fused-ring (bicyclic) bond motifs is 8. The first-order valence-electron chi connectivity index (χ1n) is 26.4. The van der Waals surface area contributed by atoms with E-state index in [0.29, 0.717) is 105 Å². The molecule has 80 heavy (non-hydrogen) atoms. The van der Waals surface area contributed by atoms with Gasteiger partial charge in [-0.25, -0.2) is 0 Å². The number of anilines is 4. The van der Waals surface area contributed by atoms with Crippen LogP contribution in [0.4, 0.5) is 28.4 Å². The Morgan fingerprint density at radius 2 is 1.40 bits per heavy atom. The highest BCUT2D eigenvalue weighted by molar-refractivity contribution is 8.77. The summed E-state index contributed by atoms with van der Waals surface area (Å²) in [7, 11) is 2.67. The molecule has 0 saturated carbocycles. The number of amides is 2. The Morgan fingerprint density at radius 3 is 2.06 bits per heavy atom. The zero-order valence-electron chi connectivity index (χ0n) is 45.4. The van der Waals surface area contributed by atoms with Crippen molar-refractivity contribution >= 4 is 84.1 Å². The van der Waals surface area contributed by atoms with Crippen LogP contribution in [-0.2, 0) is 55.2 Å². The smallest absolute Gasteiger partial charge is 0.324 e. The molecule has 19 nitrogen and oxygen atoms in total. The SMILES string of the molecule is COCCOCCOCCN(CC(C)(C)SSCCC(C(=O)O)S(=O)(=O)O)c1cc(COc2cc3c(cc2OC)C(=O)N2c4ccccc4C[C@H]2C=N3)cc(COc2cc3c(cc2OC)C(=O)N2c4ccccc4CC2CCN3)c1. The molecular formula is C58H67N5O14S3. The second-order valence-electron chi connectivity index (χ2n) is 20.3. The van der Waals surface area contributed by atoms with Gasteiger partial charge in [0.2, 0.25) is 0 Å². The Bertz CT molecular complexity index is 3210. The van der Waals surface area contributed by atoms with Gasteiger partial charge in [-0.1, -0.05) is 58.0 Å². The number of hydrogen-bond acceptors (Lipinski definition) is 17. The Kier molecular flexibility index (Phi) is 18.8. The van der Waals surface area contributed by atoms with Crippen molar-refractivity contribution in [1.82, 2.24) is 0 Å². The van der Waals surface area contributed by atoms with Crippen molar-refractivity contribution in [3.63, 3.8) is 0 Å². The number of benzene rings is 5. The van der Waals surface area contributed by atoms with E-state index in [4.69, 9.17) is 38.2 Å². The average Bonchev–Trinajstić information content (AvgIpc) is 4.02. The first-order chi connectivity index (χ1) is 38.5. The second kappa shape index (κ2) is 25.9. The molecule has 4 aliphatic heterocycles. The van der Waals surface area contributed by atoms with Gasteiger partial charge >= 0.3 is 5.97 Å². The Hall–Kier alpha value is -6.53. The van der Waals surface area contributed by atoms with Crippen LogP contribution in [0.3, 0.4) is 0 Å². The first kappa shape index (κ1) is 58.1. The maximum Gasteiger partial charge on any atom is 0.324 e. The highest BCUT2D eigenvalue weighted by atomic mass is 33.1. The summed E-state index contributed by atoms with van der Waals surface area (Å²) in [6, 6.07) is 28.7. The van der Waals surface area contributed by atoms with Crippen molar-refractivity contribution in [3.8, 4) is 23.0 Å². The molecule has 5 aromatic carbocycles. The largest absolute Gasteiger partial charge is 0.493 e. The number of carboxylic acid groups (broad SMARTS) is 1. The van der Waals surface area contributed by atoms with E-state index in [2.05, 4.69) is 16.3 Å². The van der Waals surface area contributed by atoms with Gasteiger partial charge in [0.1, 0.15) is 13.2 Å². The van der Waals surface area contributed by atoms with Crippen LogP contribution in [0.1, 0.15) is 69.7 Å². The predicted octanol–water partition coefficient (Wildman–Crippen LogP) is 8.91. The van der Waals surface area contributed by atoms with Crippen LogP contribution in [0, 0.1) is 0 Å². The van der Waals surface area contributed by atoms with Crippen molar-refractivity contribution in [3.05, 3.63) is 124 Å². The molecule has 2 unspecified atom stereocenters. The fourth-order valence-electron chi connectivity index (χ4n) is 10.4. The lowest BCUT2D eigenvalue weighted by molar-refractivity contribution is -0.136. The maximum atomic E-state index is 14.4. The van der Waals surface area contributed by atoms with Crippen molar-refractivity contribution in [2.45, 2.75) is 74.8 Å². The molecule has 2 amide bonds. The number of para-hydroxylation sites is 2. The van der Waals surface area contributed by atoms with Crippen molar-refractivity contribution in [1.29, 1.82) is 0 Å². The summed E-state index contributed by atoms with van der Waals surface area (Å²) in [4.78, 5) is 51.0. The van der Waals surface area contributed by atoms with Crippen LogP contribution in [0.5, 0.6) is 23.0 Å². The topological polar surface area (TPSA) is 225 Å². The Morgan fingerprint density at radius 1 is 0.787 bits per heavy atom. The number of rotatable bonds is 27. The van der Waals surface area contributed by atoms with E-state index in [0.717, 1.165) is 52.2 Å². The molecule has 0 bridgehead atoms. The van der Waals surface area contributed by atoms with E-state index in [1.165, 1.54) is 28.7 Å². The maximum absolute atomic E-state index is 14.4. The molecule has 0 aliphatic carbocycles. The summed E-state index contributed by atoms with van der Waals surface area (Å²) < 4.78 is 74.6. The van der Waals surface area contributed by atoms with Gasteiger partial charge in [-0.15, -0.1) is 0 Å². The summed E-state index contributed by atoms with van der Waals surface area (Å²) in [5, 5.41) is 11.1. The third-order valence-electron chi connectivity index (χ3n) is 14.2. The molecule has 22 heteroatoms. The van der Waals surface area contributed by atoms with Crippen LogP contribution < -0.4 is 39.0 Å². The second-order valence-corrected chi connectivity index (χ2v) is 25.0. The standard InChI is InChI=1S/C58H67N5O14S3/c1-58(2,79-78-23-15-54(57(66)67)80(68,69)70)36-61(17-18-74-21-22-75-20-19-71-3)42-25-37(34-76-52-31-46-44(29-50(52)72-4)55(64)62-41(14-16-59-46)27-39-10-6-8-12-48(39)62)24-38(26-42)35-77-53-32-47-45(30-51(53)73-5)56(65)63-43(33-60-47)28-40-11-7-9-13-49(40)63/h6-13,24-26,29-33,41,43,54,59H,14-23,27-28,34-36H2,1-5H3,(H,66,67)(H,68,69,70)/t41?,43-,54?/m0/s1. The minimum absolute atomic E-state index is 0.0268. The number of nitrogens with zero attached hydrogens (tertiary/aromatic N) is 4. The number of hydrogen-bond donors (Lipinski definition) is 3. The van der Waals surface area contributed by atoms with E-state index in [1.54, 1.807) is 37.3 Å². The van der Waals surface area contributed by atoms with Crippen molar-refractivity contribution in [2.75, 3.05) is 99.8 Å². The van der Waals surface area contributed by atoms with Crippen LogP contribution in [0.2, 0.25) is 0 Å². The molecule has 426 valence electrons. The number of aliphatic imine (C=N–C) groups is 1. The predicted molar refractivity (Wildman–Crippen MR) is 311 cm³/mol. The normalized spacial score (nSPS) is 16.7. The highest BCUT2D eigenvalue weighted by Crippen LogP contribution is 2.44. The van der Waals surface area contributed by atoms with E-state index in [-0.39, 0.29) is 49.3 Å². The summed E-state index contributed by atoms with van der Waals surface area (Å²) in [6.45, 7) is 7.63. The fraction of sp³-hybridized carbons (Fsp3) is 0.414. The van der Waals surface area contributed by atoms with Gasteiger partial charge in [-0.05, 0) is 97.8 Å². The van der Waals surface area contributed by atoms with Crippen LogP contribution >= 0.6 is 21.6 Å². The molecule has 5 aromatic rings. The zero-order valence-corrected chi connectivity index (χ0v) is 47.8. The zero-order chi connectivity index (χ0) is 56.6. The number of methoxy groups -OCH3 is 3. The van der Waals surface area contributed by atoms with E-state index in [9.17, 15) is 32.5 Å². The van der Waals surface area contributed by atoms with Gasteiger partial charge < -0.3 is 53.4 Å². The van der Waals surface area contributed by atoms with Gasteiger partial charge in [0.15, 0.2) is 28.2 Å². The molecular weight excluding hydrogens is 1090 g/mol. The third-order valence-corrected chi connectivity index (χ3v) is 18.7. The number of carbonyl (C=O) groups is 3. The number of ether oxygens (including phenoxy) is 7. The van der Waals surface area contributed by atoms with Gasteiger partial charge in [0, 0.05) is 85.1 Å². The van der Waals surface area contributed by atoms with Gasteiger partial charge in [-0.2, -0.15) is 8.42 Å². The molecule has 4 heterocycles. The van der Waals surface area contributed by atoms with Gasteiger partial charge in [0.25, 0.3) is 21.9 Å². The van der Waals surface area contributed by atoms with Crippen molar-refractivity contribution in [2.24, 2.45) is 4.99 Å².